The molecule has 8 nitrogen and oxygen atoms in total. The second kappa shape index (κ2) is 10.6. The van der Waals surface area contributed by atoms with Crippen molar-refractivity contribution in [3.63, 3.8) is 0 Å². The van der Waals surface area contributed by atoms with Crippen molar-refractivity contribution < 1.29 is 14.7 Å². The van der Waals surface area contributed by atoms with Crippen LogP contribution >= 0.6 is 0 Å². The average molecular weight is 484 g/mol. The average Bonchev–Trinajstić information content (AvgIpc) is 3.31. The van der Waals surface area contributed by atoms with E-state index in [0.717, 1.165) is 31.2 Å². The largest absolute Gasteiger partial charge is 0.508 e. The Bertz CT molecular complexity index is 1330. The molecule has 5 rings (SSSR count). The zero-order valence-electron chi connectivity index (χ0n) is 20.0. The molecule has 0 bridgehead atoms. The van der Waals surface area contributed by atoms with Gasteiger partial charge in [0.15, 0.2) is 0 Å². The molecular weight excluding hydrogens is 454 g/mol. The Morgan fingerprint density at radius 2 is 1.64 bits per heavy atom. The van der Waals surface area contributed by atoms with E-state index in [9.17, 15) is 14.7 Å². The molecule has 36 heavy (non-hydrogen) atoms. The second-order valence-corrected chi connectivity index (χ2v) is 9.17. The van der Waals surface area contributed by atoms with Crippen LogP contribution in [0.5, 0.6) is 5.75 Å². The van der Waals surface area contributed by atoms with Crippen LogP contribution in [0.2, 0.25) is 0 Å². The summed E-state index contributed by atoms with van der Waals surface area (Å²) in [5.74, 6) is -0.446. The summed E-state index contributed by atoms with van der Waals surface area (Å²) in [5.41, 5.74) is 2.65. The van der Waals surface area contributed by atoms with Gasteiger partial charge in [-0.3, -0.25) is 14.5 Å². The van der Waals surface area contributed by atoms with Gasteiger partial charge in [0.2, 0.25) is 11.8 Å². The fraction of sp³-hybridized carbons (Fsp3) is 0.286. The first kappa shape index (κ1) is 23.5. The highest BCUT2D eigenvalue weighted by Crippen LogP contribution is 2.30. The van der Waals surface area contributed by atoms with E-state index >= 15 is 0 Å². The van der Waals surface area contributed by atoms with E-state index in [4.69, 9.17) is 0 Å². The van der Waals surface area contributed by atoms with Crippen molar-refractivity contribution in [1.82, 2.24) is 20.3 Å². The summed E-state index contributed by atoms with van der Waals surface area (Å²) in [7, 11) is 0. The van der Waals surface area contributed by atoms with Gasteiger partial charge in [-0.1, -0.05) is 66.9 Å². The Kier molecular flexibility index (Phi) is 6.93. The lowest BCUT2D eigenvalue weighted by Crippen LogP contribution is -2.48. The third-order valence-corrected chi connectivity index (χ3v) is 6.68. The van der Waals surface area contributed by atoms with Crippen molar-refractivity contribution in [2.45, 2.75) is 50.7 Å². The number of hydrogen-bond donors (Lipinski definition) is 2. The minimum absolute atomic E-state index is 0.0813. The minimum atomic E-state index is -0.919. The first-order valence-corrected chi connectivity index (χ1v) is 12.3. The topological polar surface area (TPSA) is 100 Å². The number of carbonyl (C=O) groups is 2. The molecule has 3 aromatic carbocycles. The molecule has 8 heteroatoms. The molecule has 0 saturated heterocycles. The van der Waals surface area contributed by atoms with Gasteiger partial charge >= 0.3 is 0 Å². The maximum absolute atomic E-state index is 13.9. The fourth-order valence-electron chi connectivity index (χ4n) is 4.87. The molecule has 0 unspecified atom stereocenters. The third-order valence-electron chi connectivity index (χ3n) is 6.68. The van der Waals surface area contributed by atoms with E-state index in [1.807, 2.05) is 54.6 Å². The number of benzene rings is 3. The quantitative estimate of drug-likeness (QED) is 0.407. The number of aromatic nitrogens is 3. The third kappa shape index (κ3) is 5.07. The molecular formula is C28H29N5O3. The van der Waals surface area contributed by atoms with E-state index in [2.05, 4.69) is 15.6 Å². The smallest absolute Gasteiger partial charge is 0.249 e. The number of nitrogens with zero attached hydrogens (tertiary/aromatic N) is 4. The van der Waals surface area contributed by atoms with E-state index in [0.29, 0.717) is 16.8 Å². The number of amides is 2. The molecule has 0 aliphatic heterocycles. The van der Waals surface area contributed by atoms with Gasteiger partial charge in [-0.2, -0.15) is 0 Å². The van der Waals surface area contributed by atoms with Gasteiger partial charge < -0.3 is 10.4 Å². The molecule has 1 aliphatic rings. The molecule has 2 amide bonds. The van der Waals surface area contributed by atoms with Crippen molar-refractivity contribution in [2.75, 3.05) is 4.90 Å². The zero-order chi connectivity index (χ0) is 24.9. The lowest BCUT2D eigenvalue weighted by Gasteiger charge is -2.33. The highest BCUT2D eigenvalue weighted by Gasteiger charge is 2.34. The van der Waals surface area contributed by atoms with Gasteiger partial charge in [-0.25, -0.2) is 4.68 Å². The fourth-order valence-corrected chi connectivity index (χ4v) is 4.87. The second-order valence-electron chi connectivity index (χ2n) is 9.17. The number of rotatable bonds is 7. The number of phenols is 1. The Morgan fingerprint density at radius 1 is 0.944 bits per heavy atom. The maximum atomic E-state index is 13.9. The SMILES string of the molecule is O=C(NC1CCCCC1)[C@@H](c1ccc(O)cc1)N(C(=O)Cn1nnc2ccccc21)c1ccccc1. The van der Waals surface area contributed by atoms with Crippen LogP contribution in [0.25, 0.3) is 11.0 Å². The molecule has 0 radical (unpaired) electrons. The van der Waals surface area contributed by atoms with Crippen molar-refractivity contribution >= 4 is 28.5 Å². The summed E-state index contributed by atoms with van der Waals surface area (Å²) in [6.45, 7) is -0.0826. The Balaban J connectivity index is 1.53. The normalized spacial score (nSPS) is 14.9. The van der Waals surface area contributed by atoms with E-state index in [1.54, 1.807) is 16.8 Å². The summed E-state index contributed by atoms with van der Waals surface area (Å²) in [6, 6.07) is 22.3. The number of aromatic hydroxyl groups is 1. The summed E-state index contributed by atoms with van der Waals surface area (Å²) >= 11 is 0. The standard InChI is InChI=1S/C28H29N5O3/c34-23-17-15-20(16-18-23)27(28(36)29-21-9-3-1-4-10-21)33(22-11-5-2-6-12-22)26(35)19-32-25-14-8-7-13-24(25)30-31-32/h2,5-8,11-18,21,27,34H,1,3-4,9-10,19H2,(H,29,36)/t27-/m1/s1. The van der Waals surface area contributed by atoms with Crippen molar-refractivity contribution in [3.8, 4) is 5.75 Å². The summed E-state index contributed by atoms with van der Waals surface area (Å²) in [4.78, 5) is 29.3. The Morgan fingerprint density at radius 3 is 2.39 bits per heavy atom. The predicted octanol–water partition coefficient (Wildman–Crippen LogP) is 4.36. The van der Waals surface area contributed by atoms with Crippen LogP contribution in [-0.2, 0) is 16.1 Å². The van der Waals surface area contributed by atoms with Crippen LogP contribution < -0.4 is 10.2 Å². The molecule has 1 fully saturated rings. The Hall–Kier alpha value is -4.20. The highest BCUT2D eigenvalue weighted by molar-refractivity contribution is 6.01. The summed E-state index contributed by atoms with van der Waals surface area (Å²) in [5, 5.41) is 21.4. The molecule has 1 aliphatic carbocycles. The van der Waals surface area contributed by atoms with E-state index < -0.39 is 6.04 Å². The first-order valence-electron chi connectivity index (χ1n) is 12.3. The monoisotopic (exact) mass is 483 g/mol. The first-order chi connectivity index (χ1) is 17.6. The van der Waals surface area contributed by atoms with Crippen molar-refractivity contribution in [2.24, 2.45) is 0 Å². The molecule has 184 valence electrons. The van der Waals surface area contributed by atoms with Crippen LogP contribution in [-0.4, -0.2) is 38.0 Å². The molecule has 1 heterocycles. The zero-order valence-corrected chi connectivity index (χ0v) is 20.0. The lowest BCUT2D eigenvalue weighted by molar-refractivity contribution is -0.127. The van der Waals surface area contributed by atoms with Gasteiger partial charge in [0, 0.05) is 11.7 Å². The molecule has 0 spiro atoms. The van der Waals surface area contributed by atoms with E-state index in [-0.39, 0.29) is 30.2 Å². The minimum Gasteiger partial charge on any atom is -0.508 e. The number of fused-ring (bicyclic) bond motifs is 1. The van der Waals surface area contributed by atoms with Crippen LogP contribution in [0.3, 0.4) is 0 Å². The van der Waals surface area contributed by atoms with Crippen LogP contribution in [0.15, 0.2) is 78.9 Å². The van der Waals surface area contributed by atoms with Crippen molar-refractivity contribution in [1.29, 1.82) is 0 Å². The number of phenolic OH excluding ortho intramolecular Hbond substituents is 1. The van der Waals surface area contributed by atoms with Gasteiger partial charge in [-0.15, -0.1) is 5.10 Å². The van der Waals surface area contributed by atoms with Gasteiger partial charge in [0.05, 0.1) is 5.52 Å². The molecule has 2 N–H and O–H groups in total. The van der Waals surface area contributed by atoms with E-state index in [1.165, 1.54) is 23.5 Å². The summed E-state index contributed by atoms with van der Waals surface area (Å²) < 4.78 is 1.56. The number of carbonyl (C=O) groups excluding carboxylic acids is 2. The molecule has 1 atom stereocenters. The van der Waals surface area contributed by atoms with Crippen molar-refractivity contribution in [3.05, 3.63) is 84.4 Å². The molecule has 4 aromatic rings. The molecule has 1 saturated carbocycles. The van der Waals surface area contributed by atoms with Gasteiger partial charge in [0.1, 0.15) is 23.9 Å². The number of para-hydroxylation sites is 2. The predicted molar refractivity (Wildman–Crippen MR) is 137 cm³/mol. The number of anilines is 1. The number of nitrogens with one attached hydrogen (secondary N) is 1. The lowest BCUT2D eigenvalue weighted by atomic mass is 9.94. The maximum Gasteiger partial charge on any atom is 0.249 e. The Labute approximate surface area is 209 Å². The highest BCUT2D eigenvalue weighted by atomic mass is 16.3. The number of hydrogen-bond acceptors (Lipinski definition) is 5. The van der Waals surface area contributed by atoms with Gasteiger partial charge in [0.25, 0.3) is 0 Å². The van der Waals surface area contributed by atoms with Crippen LogP contribution in [0, 0.1) is 0 Å². The van der Waals surface area contributed by atoms with Crippen LogP contribution in [0.4, 0.5) is 5.69 Å². The van der Waals surface area contributed by atoms with Crippen LogP contribution in [0.1, 0.15) is 43.7 Å². The summed E-state index contributed by atoms with van der Waals surface area (Å²) in [6.07, 6.45) is 5.19. The van der Waals surface area contributed by atoms with Gasteiger partial charge in [-0.05, 0) is 54.8 Å². The molecule has 1 aromatic heterocycles.